The number of aromatic nitrogens is 4. The van der Waals surface area contributed by atoms with Gasteiger partial charge in [0.15, 0.2) is 5.82 Å². The van der Waals surface area contributed by atoms with Crippen molar-refractivity contribution in [2.45, 2.75) is 71.1 Å². The van der Waals surface area contributed by atoms with Crippen LogP contribution in [0.2, 0.25) is 0 Å². The van der Waals surface area contributed by atoms with E-state index in [1.54, 1.807) is 27.8 Å². The van der Waals surface area contributed by atoms with E-state index in [0.29, 0.717) is 0 Å². The van der Waals surface area contributed by atoms with Gasteiger partial charge >= 0.3 is 0 Å². The van der Waals surface area contributed by atoms with Crippen molar-refractivity contribution in [1.82, 2.24) is 20.6 Å². The zero-order valence-electron chi connectivity index (χ0n) is 13.8. The highest BCUT2D eigenvalue weighted by Crippen LogP contribution is 2.43. The lowest BCUT2D eigenvalue weighted by atomic mass is 9.76. The average Bonchev–Trinajstić information content (AvgIpc) is 3.17. The Bertz CT molecular complexity index is 673. The molecular weight excluding hydrogens is 272 g/mol. The Hall–Kier alpha value is -1.71. The van der Waals surface area contributed by atoms with E-state index < -0.39 is 0 Å². The summed E-state index contributed by atoms with van der Waals surface area (Å²) >= 11 is 0. The van der Waals surface area contributed by atoms with Crippen LogP contribution in [0.4, 0.5) is 0 Å². The molecule has 116 valence electrons. The van der Waals surface area contributed by atoms with Gasteiger partial charge in [0, 0.05) is 6.42 Å². The number of nitrogens with one attached hydrogen (secondary N) is 1. The molecule has 1 N–H and O–H groups in total. The van der Waals surface area contributed by atoms with Crippen LogP contribution in [0, 0.1) is 0 Å². The number of hydrogen-bond acceptors (Lipinski definition) is 3. The molecule has 0 bridgehead atoms. The SMILES string of the molecule is CC(C)(C)c1c2c(c(Cc3nn[nH]n3)c3c1CCC3)CCC2. The standard InChI is InChI=1S/C18H24N4/c1-18(2,3)17-13-8-4-6-11(13)15(10-16-19-21-22-20-16)12-7-5-9-14(12)17/h4-10H2,1-3H3,(H,19,20,21,22). The molecule has 0 atom stereocenters. The molecule has 1 aromatic carbocycles. The zero-order valence-corrected chi connectivity index (χ0v) is 13.8. The largest absolute Gasteiger partial charge is 0.178 e. The van der Waals surface area contributed by atoms with Crippen molar-refractivity contribution < 1.29 is 0 Å². The lowest BCUT2D eigenvalue weighted by Gasteiger charge is -2.28. The number of H-pyrrole nitrogens is 1. The number of rotatable bonds is 2. The summed E-state index contributed by atoms with van der Waals surface area (Å²) in [6, 6.07) is 0. The predicted octanol–water partition coefficient (Wildman–Crippen LogP) is 3.07. The van der Waals surface area contributed by atoms with E-state index in [1.165, 1.54) is 44.1 Å². The van der Waals surface area contributed by atoms with Gasteiger partial charge < -0.3 is 0 Å². The van der Waals surface area contributed by atoms with Gasteiger partial charge in [-0.2, -0.15) is 5.21 Å². The highest BCUT2D eigenvalue weighted by Gasteiger charge is 2.33. The van der Waals surface area contributed by atoms with E-state index in [-0.39, 0.29) is 5.41 Å². The Morgan fingerprint density at radius 2 is 1.50 bits per heavy atom. The van der Waals surface area contributed by atoms with Gasteiger partial charge in [0.2, 0.25) is 0 Å². The highest BCUT2D eigenvalue weighted by molar-refractivity contribution is 5.58. The van der Waals surface area contributed by atoms with Crippen LogP contribution < -0.4 is 0 Å². The molecule has 1 aromatic heterocycles. The Kier molecular flexibility index (Phi) is 3.10. The summed E-state index contributed by atoms with van der Waals surface area (Å²) in [5.41, 5.74) is 9.93. The molecule has 4 rings (SSSR count). The van der Waals surface area contributed by atoms with E-state index in [1.807, 2.05) is 0 Å². The third-order valence-corrected chi connectivity index (χ3v) is 5.24. The second kappa shape index (κ2) is 4.90. The third kappa shape index (κ3) is 2.08. The number of nitrogens with zero attached hydrogens (tertiary/aromatic N) is 3. The number of hydrogen-bond donors (Lipinski definition) is 1. The van der Waals surface area contributed by atoms with Gasteiger partial charge in [0.1, 0.15) is 0 Å². The number of tetrazole rings is 1. The average molecular weight is 296 g/mol. The predicted molar refractivity (Wildman–Crippen MR) is 86.2 cm³/mol. The van der Waals surface area contributed by atoms with E-state index >= 15 is 0 Å². The molecule has 2 aliphatic rings. The number of benzene rings is 1. The van der Waals surface area contributed by atoms with Gasteiger partial charge in [-0.25, -0.2) is 0 Å². The first kappa shape index (κ1) is 13.9. The van der Waals surface area contributed by atoms with Crippen LogP contribution >= 0.6 is 0 Å². The van der Waals surface area contributed by atoms with Crippen molar-refractivity contribution in [3.63, 3.8) is 0 Å². The first-order valence-corrected chi connectivity index (χ1v) is 8.47. The fourth-order valence-corrected chi connectivity index (χ4v) is 4.60. The van der Waals surface area contributed by atoms with Crippen molar-refractivity contribution >= 4 is 0 Å². The first-order valence-electron chi connectivity index (χ1n) is 8.47. The summed E-state index contributed by atoms with van der Waals surface area (Å²) in [6.07, 6.45) is 8.35. The summed E-state index contributed by atoms with van der Waals surface area (Å²) in [6.45, 7) is 7.12. The summed E-state index contributed by atoms with van der Waals surface area (Å²) in [5, 5.41) is 14.7. The van der Waals surface area contributed by atoms with Crippen molar-refractivity contribution in [2.75, 3.05) is 0 Å². The van der Waals surface area contributed by atoms with Crippen LogP contribution in [0.5, 0.6) is 0 Å². The number of fused-ring (bicyclic) bond motifs is 2. The van der Waals surface area contributed by atoms with Crippen LogP contribution in [0.3, 0.4) is 0 Å². The minimum absolute atomic E-state index is 0.244. The molecule has 22 heavy (non-hydrogen) atoms. The second-order valence-electron chi connectivity index (χ2n) is 7.73. The molecule has 4 heteroatoms. The Morgan fingerprint density at radius 1 is 0.909 bits per heavy atom. The van der Waals surface area contributed by atoms with Gasteiger partial charge in [-0.05, 0) is 77.3 Å². The molecule has 0 saturated heterocycles. The first-order chi connectivity index (χ1) is 10.6. The Balaban J connectivity index is 1.94. The fraction of sp³-hybridized carbons (Fsp3) is 0.611. The molecule has 0 unspecified atom stereocenters. The molecular formula is C18H24N4. The second-order valence-corrected chi connectivity index (χ2v) is 7.73. The highest BCUT2D eigenvalue weighted by atomic mass is 15.5. The van der Waals surface area contributed by atoms with Gasteiger partial charge in [-0.1, -0.05) is 26.0 Å². The van der Waals surface area contributed by atoms with Crippen molar-refractivity contribution in [3.05, 3.63) is 39.2 Å². The van der Waals surface area contributed by atoms with Crippen LogP contribution in [-0.4, -0.2) is 20.6 Å². The molecule has 4 nitrogen and oxygen atoms in total. The topological polar surface area (TPSA) is 54.5 Å². The Morgan fingerprint density at radius 3 is 2.00 bits per heavy atom. The molecule has 0 spiro atoms. The van der Waals surface area contributed by atoms with Crippen LogP contribution in [0.1, 0.15) is 72.8 Å². The summed E-state index contributed by atoms with van der Waals surface area (Å²) in [5.74, 6) is 0.826. The molecule has 2 aromatic rings. The maximum Gasteiger partial charge on any atom is 0.178 e. The van der Waals surface area contributed by atoms with Crippen molar-refractivity contribution in [2.24, 2.45) is 0 Å². The zero-order chi connectivity index (χ0) is 15.3. The molecule has 0 amide bonds. The maximum atomic E-state index is 4.19. The fourth-order valence-electron chi connectivity index (χ4n) is 4.60. The lowest BCUT2D eigenvalue weighted by molar-refractivity contribution is 0.576. The van der Waals surface area contributed by atoms with Crippen molar-refractivity contribution in [1.29, 1.82) is 0 Å². The van der Waals surface area contributed by atoms with Gasteiger partial charge in [0.05, 0.1) is 0 Å². The van der Waals surface area contributed by atoms with E-state index in [2.05, 4.69) is 41.4 Å². The van der Waals surface area contributed by atoms with Gasteiger partial charge in [-0.3, -0.25) is 0 Å². The third-order valence-electron chi connectivity index (χ3n) is 5.24. The molecule has 0 radical (unpaired) electrons. The maximum absolute atomic E-state index is 4.19. The molecule has 0 aliphatic heterocycles. The normalized spacial score (nSPS) is 16.9. The molecule has 0 saturated carbocycles. The minimum atomic E-state index is 0.244. The van der Waals surface area contributed by atoms with Gasteiger partial charge in [0.25, 0.3) is 0 Å². The lowest BCUT2D eigenvalue weighted by Crippen LogP contribution is -2.19. The van der Waals surface area contributed by atoms with Crippen LogP contribution in [0.15, 0.2) is 0 Å². The minimum Gasteiger partial charge on any atom is -0.177 e. The van der Waals surface area contributed by atoms with E-state index in [4.69, 9.17) is 0 Å². The summed E-state index contributed by atoms with van der Waals surface area (Å²) < 4.78 is 0. The van der Waals surface area contributed by atoms with Crippen LogP contribution in [-0.2, 0) is 37.5 Å². The molecule has 2 aliphatic carbocycles. The van der Waals surface area contributed by atoms with Gasteiger partial charge in [-0.15, -0.1) is 10.2 Å². The smallest absolute Gasteiger partial charge is 0.177 e. The summed E-state index contributed by atoms with van der Waals surface area (Å²) in [4.78, 5) is 0. The molecule has 0 fully saturated rings. The van der Waals surface area contributed by atoms with E-state index in [9.17, 15) is 0 Å². The monoisotopic (exact) mass is 296 g/mol. The molecule has 1 heterocycles. The summed E-state index contributed by atoms with van der Waals surface area (Å²) in [7, 11) is 0. The Labute approximate surface area is 131 Å². The number of aromatic amines is 1. The quantitative estimate of drug-likeness (QED) is 0.926. The van der Waals surface area contributed by atoms with Crippen LogP contribution in [0.25, 0.3) is 0 Å². The van der Waals surface area contributed by atoms with Crippen molar-refractivity contribution in [3.8, 4) is 0 Å². The van der Waals surface area contributed by atoms with E-state index in [0.717, 1.165) is 12.2 Å².